The van der Waals surface area contributed by atoms with Crippen LogP contribution < -0.4 is 4.74 Å². The molecule has 2 atom stereocenters. The maximum Gasteiger partial charge on any atom is 0.343 e. The van der Waals surface area contributed by atoms with Gasteiger partial charge in [0.05, 0.1) is 13.3 Å². The van der Waals surface area contributed by atoms with E-state index in [0.29, 0.717) is 11.5 Å². The number of nitrogens with zero attached hydrogens (tertiary/aromatic N) is 2. The van der Waals surface area contributed by atoms with Crippen molar-refractivity contribution in [2.75, 3.05) is 7.11 Å². The molecule has 1 saturated carbocycles. The average molecular weight is 361 g/mol. The molecule has 4 rings (SSSR count). The molecule has 0 N–H and O–H groups in total. The zero-order chi connectivity index (χ0) is 18.0. The highest BCUT2D eigenvalue weighted by Gasteiger charge is 2.65. The first kappa shape index (κ1) is 16.5. The zero-order valence-electron chi connectivity index (χ0n) is 14.8. The number of halogens is 1. The van der Waals surface area contributed by atoms with Crippen molar-refractivity contribution < 1.29 is 14.3 Å². The molecule has 1 aromatic heterocycles. The normalized spacial score (nSPS) is 25.7. The Morgan fingerprint density at radius 2 is 2.16 bits per heavy atom. The monoisotopic (exact) mass is 360 g/mol. The maximum absolute atomic E-state index is 12.9. The Labute approximate surface area is 151 Å². The van der Waals surface area contributed by atoms with Crippen molar-refractivity contribution >= 4 is 17.6 Å². The summed E-state index contributed by atoms with van der Waals surface area (Å²) in [6.45, 7) is 4.35. The zero-order valence-corrected chi connectivity index (χ0v) is 15.6. The van der Waals surface area contributed by atoms with Crippen molar-refractivity contribution in [3.05, 3.63) is 46.2 Å². The number of carbonyl (C=O) groups excluding carboxylic acids is 1. The molecule has 0 amide bonds. The number of carbonyl (C=O) groups is 1. The number of fused-ring (bicyclic) bond motifs is 5. The molecule has 2 unspecified atom stereocenters. The summed E-state index contributed by atoms with van der Waals surface area (Å²) in [6, 6.07) is 6.09. The molecule has 0 aliphatic heterocycles. The fourth-order valence-electron chi connectivity index (χ4n) is 4.66. The van der Waals surface area contributed by atoms with E-state index < -0.39 is 11.6 Å². The van der Waals surface area contributed by atoms with Gasteiger partial charge in [-0.1, -0.05) is 31.5 Å². The number of aryl methyl sites for hydroxylation is 1. The minimum atomic E-state index is -0.669. The number of ether oxygens (including phenoxy) is 2. The number of esters is 1. The van der Waals surface area contributed by atoms with Gasteiger partial charge in [-0.25, -0.2) is 4.79 Å². The van der Waals surface area contributed by atoms with Gasteiger partial charge in [-0.2, -0.15) is 5.10 Å². The number of aromatic nitrogens is 2. The molecule has 1 aromatic carbocycles. The molecule has 1 heterocycles. The molecular formula is C19H21ClN2O3. The lowest BCUT2D eigenvalue weighted by molar-refractivity contribution is -0.0683. The van der Waals surface area contributed by atoms with Gasteiger partial charge in [0.25, 0.3) is 0 Å². The van der Waals surface area contributed by atoms with Crippen LogP contribution in [0.25, 0.3) is 0 Å². The predicted molar refractivity (Wildman–Crippen MR) is 94.1 cm³/mol. The first-order valence-corrected chi connectivity index (χ1v) is 8.79. The molecule has 5 nitrogen and oxygen atoms in total. The highest BCUT2D eigenvalue weighted by Crippen LogP contribution is 2.68. The van der Waals surface area contributed by atoms with Gasteiger partial charge in [0.2, 0.25) is 0 Å². The lowest BCUT2D eigenvalue weighted by Crippen LogP contribution is -2.39. The summed E-state index contributed by atoms with van der Waals surface area (Å²) in [5.41, 5.74) is 1.75. The quantitative estimate of drug-likeness (QED) is 0.775. The van der Waals surface area contributed by atoms with Gasteiger partial charge in [0.15, 0.2) is 0 Å². The van der Waals surface area contributed by atoms with Crippen LogP contribution in [0.2, 0.25) is 5.15 Å². The Kier molecular flexibility index (Phi) is 3.45. The first-order chi connectivity index (χ1) is 11.8. The second-order valence-electron chi connectivity index (χ2n) is 7.46. The van der Waals surface area contributed by atoms with Gasteiger partial charge in [-0.15, -0.1) is 0 Å². The highest BCUT2D eigenvalue weighted by atomic mass is 35.5. The molecule has 2 aromatic rings. The average Bonchev–Trinajstić information content (AvgIpc) is 3.11. The van der Waals surface area contributed by atoms with Crippen LogP contribution in [0.1, 0.15) is 54.1 Å². The van der Waals surface area contributed by atoms with Crippen LogP contribution in [0.4, 0.5) is 0 Å². The molecule has 0 spiro atoms. The van der Waals surface area contributed by atoms with Crippen LogP contribution in [-0.4, -0.2) is 22.9 Å². The minimum Gasteiger partial charge on any atom is -0.497 e. The summed E-state index contributed by atoms with van der Waals surface area (Å²) < 4.78 is 13.0. The van der Waals surface area contributed by atoms with E-state index in [0.717, 1.165) is 24.2 Å². The topological polar surface area (TPSA) is 53.4 Å². The van der Waals surface area contributed by atoms with Crippen molar-refractivity contribution in [1.29, 1.82) is 0 Å². The second kappa shape index (κ2) is 5.24. The Bertz CT molecular complexity index is 874. The van der Waals surface area contributed by atoms with Crippen LogP contribution in [0, 0.1) is 5.41 Å². The molecule has 1 fully saturated rings. The summed E-state index contributed by atoms with van der Waals surface area (Å²) in [7, 11) is 3.34. The maximum atomic E-state index is 12.9. The van der Waals surface area contributed by atoms with Crippen LogP contribution in [0.5, 0.6) is 5.75 Å². The number of hydrogen-bond acceptors (Lipinski definition) is 4. The van der Waals surface area contributed by atoms with Gasteiger partial charge >= 0.3 is 5.97 Å². The van der Waals surface area contributed by atoms with Gasteiger partial charge in [0, 0.05) is 18.0 Å². The van der Waals surface area contributed by atoms with Crippen LogP contribution in [0.3, 0.4) is 0 Å². The number of rotatable bonds is 3. The molecule has 2 bridgehead atoms. The molecule has 0 saturated heterocycles. The molecule has 0 radical (unpaired) electrons. The summed E-state index contributed by atoms with van der Waals surface area (Å²) in [5, 5.41) is 4.33. The Hall–Kier alpha value is -2.01. The Balaban J connectivity index is 1.80. The third kappa shape index (κ3) is 2.02. The van der Waals surface area contributed by atoms with Crippen molar-refractivity contribution in [3.63, 3.8) is 0 Å². The lowest BCUT2D eigenvalue weighted by Gasteiger charge is -2.38. The Morgan fingerprint density at radius 3 is 2.80 bits per heavy atom. The highest BCUT2D eigenvalue weighted by molar-refractivity contribution is 6.32. The van der Waals surface area contributed by atoms with E-state index in [-0.39, 0.29) is 10.6 Å². The standard InChI is InChI=1S/C19H21ClN2O3/c1-18(2)14-7-8-19(18,15-9-11(24-4)5-6-12(14)15)25-17(23)13-10-21-22(3)16(13)20/h5-6,9-10,14H,7-8H2,1-4H3. The molecule has 25 heavy (non-hydrogen) atoms. The van der Waals surface area contributed by atoms with E-state index >= 15 is 0 Å². The van der Waals surface area contributed by atoms with E-state index in [2.05, 4.69) is 25.0 Å². The van der Waals surface area contributed by atoms with Gasteiger partial charge < -0.3 is 9.47 Å². The van der Waals surface area contributed by atoms with E-state index in [1.807, 2.05) is 12.1 Å². The van der Waals surface area contributed by atoms with E-state index in [1.54, 1.807) is 14.2 Å². The summed E-state index contributed by atoms with van der Waals surface area (Å²) >= 11 is 6.19. The Morgan fingerprint density at radius 1 is 1.40 bits per heavy atom. The van der Waals surface area contributed by atoms with Gasteiger partial charge in [0.1, 0.15) is 22.1 Å². The molecule has 2 aliphatic rings. The van der Waals surface area contributed by atoms with Gasteiger partial charge in [-0.05, 0) is 36.5 Å². The number of hydrogen-bond donors (Lipinski definition) is 0. The molecule has 6 heteroatoms. The smallest absolute Gasteiger partial charge is 0.343 e. The second-order valence-corrected chi connectivity index (χ2v) is 7.81. The lowest BCUT2D eigenvalue weighted by atomic mass is 9.76. The van der Waals surface area contributed by atoms with Crippen molar-refractivity contribution in [2.45, 2.75) is 38.2 Å². The number of benzene rings is 1. The summed E-state index contributed by atoms with van der Waals surface area (Å²) in [6.07, 6.45) is 3.26. The van der Waals surface area contributed by atoms with Crippen molar-refractivity contribution in [1.82, 2.24) is 9.78 Å². The fourth-order valence-corrected chi connectivity index (χ4v) is 4.83. The van der Waals surface area contributed by atoms with E-state index in [1.165, 1.54) is 16.4 Å². The van der Waals surface area contributed by atoms with Crippen LogP contribution in [0.15, 0.2) is 24.4 Å². The fraction of sp³-hybridized carbons (Fsp3) is 0.474. The predicted octanol–water partition coefficient (Wildman–Crippen LogP) is 4.05. The third-order valence-electron chi connectivity index (χ3n) is 6.12. The number of methoxy groups -OCH3 is 1. The van der Waals surface area contributed by atoms with E-state index in [4.69, 9.17) is 21.1 Å². The summed E-state index contributed by atoms with van der Waals surface area (Å²) in [4.78, 5) is 12.9. The van der Waals surface area contributed by atoms with E-state index in [9.17, 15) is 4.79 Å². The van der Waals surface area contributed by atoms with Crippen molar-refractivity contribution in [2.24, 2.45) is 12.5 Å². The van der Waals surface area contributed by atoms with Crippen LogP contribution >= 0.6 is 11.6 Å². The third-order valence-corrected chi connectivity index (χ3v) is 6.57. The minimum absolute atomic E-state index is 0.188. The molecule has 132 valence electrons. The SMILES string of the molecule is COc1ccc2c(c1)C1(OC(=O)c3cnn(C)c3Cl)CCC2C1(C)C. The molecular weight excluding hydrogens is 340 g/mol. The van der Waals surface area contributed by atoms with Crippen molar-refractivity contribution in [3.8, 4) is 5.75 Å². The largest absolute Gasteiger partial charge is 0.497 e. The van der Waals surface area contributed by atoms with Gasteiger partial charge in [-0.3, -0.25) is 4.68 Å². The first-order valence-electron chi connectivity index (χ1n) is 8.41. The summed E-state index contributed by atoms with van der Waals surface area (Å²) in [5.74, 6) is 0.713. The van der Waals surface area contributed by atoms with Crippen LogP contribution in [-0.2, 0) is 17.4 Å². The molecule has 2 aliphatic carbocycles.